The van der Waals surface area contributed by atoms with E-state index in [0.717, 1.165) is 21.7 Å². The summed E-state index contributed by atoms with van der Waals surface area (Å²) in [5.41, 5.74) is 4.44. The lowest BCUT2D eigenvalue weighted by atomic mass is 10.0. The summed E-state index contributed by atoms with van der Waals surface area (Å²) < 4.78 is 7.99. The van der Waals surface area contributed by atoms with Crippen LogP contribution in [0.5, 0.6) is 0 Å². The first-order valence-corrected chi connectivity index (χ1v) is 9.55. The molecule has 0 aliphatic rings. The number of H-pyrrole nitrogens is 2. The van der Waals surface area contributed by atoms with Gasteiger partial charge in [-0.25, -0.2) is 4.98 Å². The second-order valence-electron chi connectivity index (χ2n) is 7.50. The van der Waals surface area contributed by atoms with Crippen molar-refractivity contribution in [2.75, 3.05) is 0 Å². The van der Waals surface area contributed by atoms with Gasteiger partial charge in [-0.2, -0.15) is 0 Å². The van der Waals surface area contributed by atoms with Gasteiger partial charge in [0.2, 0.25) is 0 Å². The second kappa shape index (κ2) is 5.70. The molecular formula is C23H16N4O3. The van der Waals surface area contributed by atoms with E-state index < -0.39 is 0 Å². The number of para-hydroxylation sites is 1. The number of hydrogen-bond donors (Lipinski definition) is 2. The molecule has 2 aromatic carbocycles. The number of aromatic nitrogens is 4. The highest BCUT2D eigenvalue weighted by atomic mass is 16.3. The van der Waals surface area contributed by atoms with Crippen LogP contribution in [0.4, 0.5) is 0 Å². The quantitative estimate of drug-likeness (QED) is 0.439. The van der Waals surface area contributed by atoms with Gasteiger partial charge in [-0.1, -0.05) is 18.2 Å². The Bertz CT molecular complexity index is 1770. The first-order chi connectivity index (χ1) is 14.5. The SMILES string of the molecule is Cc1c(=O)ccc2c1oc1c(-c3cc4ccccc4[nH]c3=O)c3c[nH]n(C)c3nc12. The molecule has 4 heterocycles. The van der Waals surface area contributed by atoms with Crippen molar-refractivity contribution in [3.05, 3.63) is 74.8 Å². The number of hydrogen-bond acceptors (Lipinski definition) is 4. The van der Waals surface area contributed by atoms with Crippen molar-refractivity contribution in [3.8, 4) is 11.1 Å². The van der Waals surface area contributed by atoms with Gasteiger partial charge >= 0.3 is 0 Å². The molecule has 0 amide bonds. The molecule has 0 aliphatic heterocycles. The fourth-order valence-electron chi connectivity index (χ4n) is 4.16. The summed E-state index contributed by atoms with van der Waals surface area (Å²) in [4.78, 5) is 33.0. The molecule has 0 unspecified atom stereocenters. The Morgan fingerprint density at radius 1 is 1.03 bits per heavy atom. The van der Waals surface area contributed by atoms with Gasteiger partial charge in [0, 0.05) is 40.7 Å². The summed E-state index contributed by atoms with van der Waals surface area (Å²) in [7, 11) is 1.86. The van der Waals surface area contributed by atoms with Gasteiger partial charge in [-0.15, -0.1) is 0 Å². The number of fused-ring (bicyclic) bond motifs is 5. The fourth-order valence-corrected chi connectivity index (χ4v) is 4.16. The van der Waals surface area contributed by atoms with E-state index in [2.05, 4.69) is 10.1 Å². The predicted octanol–water partition coefficient (Wildman–Crippen LogP) is 3.98. The van der Waals surface area contributed by atoms with E-state index in [1.807, 2.05) is 43.6 Å². The molecule has 0 atom stereocenters. The summed E-state index contributed by atoms with van der Waals surface area (Å²) in [5, 5.41) is 5.56. The minimum atomic E-state index is -0.215. The highest BCUT2D eigenvalue weighted by Crippen LogP contribution is 2.38. The molecular weight excluding hydrogens is 380 g/mol. The van der Waals surface area contributed by atoms with Gasteiger partial charge < -0.3 is 14.5 Å². The zero-order valence-corrected chi connectivity index (χ0v) is 16.2. The average Bonchev–Trinajstić information content (AvgIpc) is 3.30. The molecule has 0 radical (unpaired) electrons. The van der Waals surface area contributed by atoms with Crippen LogP contribution in [-0.4, -0.2) is 19.7 Å². The monoisotopic (exact) mass is 396 g/mol. The molecule has 2 N–H and O–H groups in total. The lowest BCUT2D eigenvalue weighted by molar-refractivity contribution is 0.666. The van der Waals surface area contributed by atoms with Crippen LogP contribution in [0, 0.1) is 6.92 Å². The van der Waals surface area contributed by atoms with Gasteiger partial charge in [0.25, 0.3) is 5.56 Å². The molecule has 7 heteroatoms. The highest BCUT2D eigenvalue weighted by molar-refractivity contribution is 6.15. The number of furan rings is 1. The van der Waals surface area contributed by atoms with Crippen molar-refractivity contribution in [1.29, 1.82) is 0 Å². The third kappa shape index (κ3) is 2.11. The Morgan fingerprint density at radius 3 is 2.73 bits per heavy atom. The number of aromatic amines is 2. The smallest absolute Gasteiger partial charge is 0.256 e. The lowest BCUT2D eigenvalue weighted by Gasteiger charge is -2.06. The van der Waals surface area contributed by atoms with Crippen LogP contribution in [0.3, 0.4) is 0 Å². The van der Waals surface area contributed by atoms with E-state index >= 15 is 0 Å². The van der Waals surface area contributed by atoms with E-state index in [1.54, 1.807) is 17.7 Å². The molecule has 0 fully saturated rings. The Balaban J connectivity index is 1.87. The summed E-state index contributed by atoms with van der Waals surface area (Å²) in [6.45, 7) is 1.74. The van der Waals surface area contributed by atoms with Gasteiger partial charge in [0.1, 0.15) is 11.1 Å². The van der Waals surface area contributed by atoms with Crippen LogP contribution in [0.15, 0.2) is 62.7 Å². The van der Waals surface area contributed by atoms with Crippen LogP contribution >= 0.6 is 0 Å². The molecule has 0 spiro atoms. The normalized spacial score (nSPS) is 11.9. The Kier molecular flexibility index (Phi) is 3.19. The maximum Gasteiger partial charge on any atom is 0.256 e. The van der Waals surface area contributed by atoms with E-state index in [9.17, 15) is 9.59 Å². The number of nitrogens with one attached hydrogen (secondary N) is 2. The zero-order valence-electron chi connectivity index (χ0n) is 16.2. The maximum atomic E-state index is 13.1. The number of rotatable bonds is 1. The molecule has 0 aliphatic carbocycles. The Hall–Kier alpha value is -4.13. The number of nitrogens with zero attached hydrogens (tertiary/aromatic N) is 2. The minimum absolute atomic E-state index is 0.0930. The van der Waals surface area contributed by atoms with E-state index in [0.29, 0.717) is 39.0 Å². The predicted molar refractivity (Wildman–Crippen MR) is 117 cm³/mol. The van der Waals surface area contributed by atoms with Gasteiger partial charge in [-0.3, -0.25) is 14.3 Å². The number of aryl methyl sites for hydroxylation is 2. The fraction of sp³-hybridized carbons (Fsp3) is 0.0870. The molecule has 146 valence electrons. The molecule has 6 aromatic rings. The zero-order chi connectivity index (χ0) is 20.6. The minimum Gasteiger partial charge on any atom is -0.453 e. The molecule has 6 rings (SSSR count). The van der Waals surface area contributed by atoms with Crippen LogP contribution in [0.25, 0.3) is 55.1 Å². The van der Waals surface area contributed by atoms with Crippen molar-refractivity contribution in [2.45, 2.75) is 6.92 Å². The first-order valence-electron chi connectivity index (χ1n) is 9.55. The molecule has 0 saturated carbocycles. The summed E-state index contributed by atoms with van der Waals surface area (Å²) in [6.07, 6.45) is 1.81. The highest BCUT2D eigenvalue weighted by Gasteiger charge is 2.22. The topological polar surface area (TPSA) is 96.7 Å². The maximum absolute atomic E-state index is 13.1. The van der Waals surface area contributed by atoms with Crippen molar-refractivity contribution in [1.82, 2.24) is 19.7 Å². The average molecular weight is 396 g/mol. The second-order valence-corrected chi connectivity index (χ2v) is 7.50. The third-order valence-corrected chi connectivity index (χ3v) is 5.73. The van der Waals surface area contributed by atoms with E-state index in [-0.39, 0.29) is 11.0 Å². The van der Waals surface area contributed by atoms with Crippen molar-refractivity contribution in [2.24, 2.45) is 7.05 Å². The summed E-state index contributed by atoms with van der Waals surface area (Å²) >= 11 is 0. The molecule has 7 nitrogen and oxygen atoms in total. The van der Waals surface area contributed by atoms with Crippen LogP contribution in [-0.2, 0) is 7.05 Å². The van der Waals surface area contributed by atoms with Gasteiger partial charge in [0.15, 0.2) is 16.7 Å². The lowest BCUT2D eigenvalue weighted by Crippen LogP contribution is -2.09. The van der Waals surface area contributed by atoms with Crippen molar-refractivity contribution < 1.29 is 4.42 Å². The molecule has 4 aromatic heterocycles. The number of pyridine rings is 2. The van der Waals surface area contributed by atoms with Gasteiger partial charge in [-0.05, 0) is 36.6 Å². The van der Waals surface area contributed by atoms with Crippen LogP contribution in [0.2, 0.25) is 0 Å². The molecule has 30 heavy (non-hydrogen) atoms. The Labute approximate surface area is 168 Å². The number of benzene rings is 2. The van der Waals surface area contributed by atoms with Crippen LogP contribution in [0.1, 0.15) is 5.56 Å². The van der Waals surface area contributed by atoms with Gasteiger partial charge in [0.05, 0.1) is 5.56 Å². The summed E-state index contributed by atoms with van der Waals surface area (Å²) in [6, 6.07) is 12.8. The van der Waals surface area contributed by atoms with Crippen LogP contribution < -0.4 is 11.0 Å². The van der Waals surface area contributed by atoms with Crippen molar-refractivity contribution in [3.63, 3.8) is 0 Å². The standard InChI is InChI=1S/C23H16N4O3/c1-11-17(28)8-7-13-19-21(30-20(11)13)18(15-10-24-27(2)22(15)26-19)14-9-12-5-3-4-6-16(12)25-23(14)29/h3-10,24H,1-2H3,(H,25,29). The third-order valence-electron chi connectivity index (χ3n) is 5.73. The summed E-state index contributed by atoms with van der Waals surface area (Å²) in [5.74, 6) is 0. The molecule has 0 bridgehead atoms. The van der Waals surface area contributed by atoms with E-state index in [4.69, 9.17) is 9.40 Å². The van der Waals surface area contributed by atoms with E-state index in [1.165, 1.54) is 6.07 Å². The Morgan fingerprint density at radius 2 is 1.87 bits per heavy atom. The first kappa shape index (κ1) is 16.8. The largest absolute Gasteiger partial charge is 0.453 e. The molecule has 0 saturated heterocycles. The van der Waals surface area contributed by atoms with Crippen molar-refractivity contribution >= 4 is 44.0 Å².